The van der Waals surface area contributed by atoms with Crippen molar-refractivity contribution < 1.29 is 8.42 Å². The van der Waals surface area contributed by atoms with E-state index in [2.05, 4.69) is 9.90 Å². The second-order valence-corrected chi connectivity index (χ2v) is 4.69. The number of hydrogen-bond acceptors (Lipinski definition) is 4. The predicted octanol–water partition coefficient (Wildman–Crippen LogP) is 1.13. The van der Waals surface area contributed by atoms with Gasteiger partial charge in [0.15, 0.2) is 0 Å². The maximum atomic E-state index is 10.8. The average molecular weight is 214 g/mol. The molecule has 0 unspecified atom stereocenters. The van der Waals surface area contributed by atoms with E-state index in [-0.39, 0.29) is 12.2 Å². The van der Waals surface area contributed by atoms with Crippen molar-refractivity contribution in [3.8, 4) is 0 Å². The number of sulfonamides is 1. The van der Waals surface area contributed by atoms with E-state index in [1.54, 1.807) is 18.2 Å². The summed E-state index contributed by atoms with van der Waals surface area (Å²) in [6.07, 6.45) is 1.08. The Kier molecular flexibility index (Phi) is 3.32. The van der Waals surface area contributed by atoms with E-state index < -0.39 is 10.0 Å². The molecule has 0 saturated carbocycles. The van der Waals surface area contributed by atoms with Gasteiger partial charge in [-0.25, -0.2) is 13.1 Å². The lowest BCUT2D eigenvalue weighted by molar-refractivity contribution is 0.587. The molecule has 0 amide bonds. The van der Waals surface area contributed by atoms with Crippen LogP contribution >= 0.6 is 0 Å². The molecule has 0 aliphatic carbocycles. The van der Waals surface area contributed by atoms with Gasteiger partial charge >= 0.3 is 0 Å². The number of nitrogens with one attached hydrogen (secondary N) is 1. The number of nitroso groups, excluding NO2 is 1. The van der Waals surface area contributed by atoms with Gasteiger partial charge < -0.3 is 0 Å². The van der Waals surface area contributed by atoms with Crippen LogP contribution in [0.5, 0.6) is 0 Å². The largest absolute Gasteiger partial charge is 0.213 e. The Morgan fingerprint density at radius 2 is 2.14 bits per heavy atom. The first-order chi connectivity index (χ1) is 6.51. The van der Waals surface area contributed by atoms with Crippen LogP contribution in [0.2, 0.25) is 0 Å². The molecule has 0 radical (unpaired) electrons. The standard InChI is InChI=1S/C8H10N2O3S/c1-14(12,13)9-6-7-3-2-4-8(5-7)10-11/h2-5,9H,6H2,1H3. The quantitative estimate of drug-likeness (QED) is 0.763. The van der Waals surface area contributed by atoms with Crippen molar-refractivity contribution in [2.75, 3.05) is 6.26 Å². The molecule has 0 spiro atoms. The van der Waals surface area contributed by atoms with Crippen molar-refractivity contribution in [2.24, 2.45) is 5.18 Å². The van der Waals surface area contributed by atoms with E-state index in [0.717, 1.165) is 6.26 Å². The Bertz CT molecular complexity index is 428. The number of benzene rings is 1. The summed E-state index contributed by atoms with van der Waals surface area (Å²) in [4.78, 5) is 10.2. The summed E-state index contributed by atoms with van der Waals surface area (Å²) >= 11 is 0. The lowest BCUT2D eigenvalue weighted by Crippen LogP contribution is -2.21. The van der Waals surface area contributed by atoms with E-state index in [9.17, 15) is 13.3 Å². The van der Waals surface area contributed by atoms with Gasteiger partial charge in [0, 0.05) is 6.54 Å². The van der Waals surface area contributed by atoms with Gasteiger partial charge in [-0.3, -0.25) is 0 Å². The highest BCUT2D eigenvalue weighted by molar-refractivity contribution is 7.88. The first kappa shape index (κ1) is 10.8. The predicted molar refractivity (Wildman–Crippen MR) is 53.6 cm³/mol. The fraction of sp³-hybridized carbons (Fsp3) is 0.250. The molecule has 0 fully saturated rings. The van der Waals surface area contributed by atoms with Crippen LogP contribution in [-0.4, -0.2) is 14.7 Å². The monoisotopic (exact) mass is 214 g/mol. The second kappa shape index (κ2) is 4.30. The van der Waals surface area contributed by atoms with Crippen molar-refractivity contribution in [3.05, 3.63) is 34.7 Å². The smallest absolute Gasteiger partial charge is 0.209 e. The molecule has 0 aromatic heterocycles. The van der Waals surface area contributed by atoms with E-state index in [0.29, 0.717) is 5.56 Å². The van der Waals surface area contributed by atoms with Gasteiger partial charge in [0.05, 0.1) is 6.26 Å². The zero-order chi connectivity index (χ0) is 10.6. The molecule has 0 bridgehead atoms. The molecule has 0 aliphatic rings. The molecular formula is C8H10N2O3S. The maximum Gasteiger partial charge on any atom is 0.209 e. The third-order valence-electron chi connectivity index (χ3n) is 1.55. The van der Waals surface area contributed by atoms with E-state index in [4.69, 9.17) is 0 Å². The normalized spacial score (nSPS) is 11.2. The third kappa shape index (κ3) is 3.63. The topological polar surface area (TPSA) is 75.6 Å². The van der Waals surface area contributed by atoms with Gasteiger partial charge in [-0.05, 0) is 22.9 Å². The zero-order valence-corrected chi connectivity index (χ0v) is 8.41. The Morgan fingerprint density at radius 3 is 2.71 bits per heavy atom. The van der Waals surface area contributed by atoms with Crippen LogP contribution in [0.3, 0.4) is 0 Å². The summed E-state index contributed by atoms with van der Waals surface area (Å²) in [5.41, 5.74) is 0.991. The Labute approximate surface area is 82.2 Å². The molecule has 14 heavy (non-hydrogen) atoms. The zero-order valence-electron chi connectivity index (χ0n) is 7.60. The average Bonchev–Trinajstić information content (AvgIpc) is 2.14. The number of rotatable bonds is 4. The molecule has 6 heteroatoms. The van der Waals surface area contributed by atoms with Gasteiger partial charge in [0.2, 0.25) is 10.0 Å². The van der Waals surface area contributed by atoms with Crippen molar-refractivity contribution in [2.45, 2.75) is 6.54 Å². The van der Waals surface area contributed by atoms with Crippen LogP contribution in [0, 0.1) is 4.91 Å². The minimum absolute atomic E-state index is 0.169. The molecule has 1 aromatic rings. The molecule has 0 atom stereocenters. The SMILES string of the molecule is CS(=O)(=O)NCc1cccc(N=O)c1. The first-order valence-corrected chi connectivity index (χ1v) is 5.77. The van der Waals surface area contributed by atoms with Crippen molar-refractivity contribution in [1.29, 1.82) is 0 Å². The van der Waals surface area contributed by atoms with Gasteiger partial charge in [0.25, 0.3) is 0 Å². The Morgan fingerprint density at radius 1 is 1.43 bits per heavy atom. The van der Waals surface area contributed by atoms with Crippen LogP contribution in [-0.2, 0) is 16.6 Å². The highest BCUT2D eigenvalue weighted by atomic mass is 32.2. The summed E-state index contributed by atoms with van der Waals surface area (Å²) < 4.78 is 23.8. The summed E-state index contributed by atoms with van der Waals surface area (Å²) in [6.45, 7) is 0.169. The minimum atomic E-state index is -3.20. The molecule has 0 aliphatic heterocycles. The molecule has 0 saturated heterocycles. The molecule has 5 nitrogen and oxygen atoms in total. The fourth-order valence-corrected chi connectivity index (χ4v) is 1.37. The molecule has 76 valence electrons. The minimum Gasteiger partial charge on any atom is -0.213 e. The van der Waals surface area contributed by atoms with Crippen LogP contribution in [0.25, 0.3) is 0 Å². The number of hydrogen-bond donors (Lipinski definition) is 1. The van der Waals surface area contributed by atoms with Crippen LogP contribution in [0.15, 0.2) is 29.4 Å². The van der Waals surface area contributed by atoms with Crippen LogP contribution in [0.1, 0.15) is 5.56 Å². The molecule has 1 N–H and O–H groups in total. The summed E-state index contributed by atoms with van der Waals surface area (Å²) in [5.74, 6) is 0. The maximum absolute atomic E-state index is 10.8. The fourth-order valence-electron chi connectivity index (χ4n) is 0.938. The van der Waals surface area contributed by atoms with E-state index >= 15 is 0 Å². The second-order valence-electron chi connectivity index (χ2n) is 2.85. The van der Waals surface area contributed by atoms with Crippen molar-refractivity contribution >= 4 is 15.7 Å². The lowest BCUT2D eigenvalue weighted by Gasteiger charge is -2.01. The van der Waals surface area contributed by atoms with E-state index in [1.807, 2.05) is 0 Å². The summed E-state index contributed by atoms with van der Waals surface area (Å²) in [7, 11) is -3.20. The lowest BCUT2D eigenvalue weighted by atomic mass is 10.2. The number of nitrogens with zero attached hydrogens (tertiary/aromatic N) is 1. The summed E-state index contributed by atoms with van der Waals surface area (Å²) in [6, 6.07) is 6.45. The Balaban J connectivity index is 2.72. The Hall–Kier alpha value is -1.27. The van der Waals surface area contributed by atoms with Gasteiger partial charge in [0.1, 0.15) is 5.69 Å². The first-order valence-electron chi connectivity index (χ1n) is 3.88. The summed E-state index contributed by atoms with van der Waals surface area (Å²) in [5, 5.41) is 2.75. The third-order valence-corrected chi connectivity index (χ3v) is 2.22. The van der Waals surface area contributed by atoms with Gasteiger partial charge in [-0.1, -0.05) is 12.1 Å². The molecular weight excluding hydrogens is 204 g/mol. The van der Waals surface area contributed by atoms with Crippen LogP contribution < -0.4 is 4.72 Å². The highest BCUT2D eigenvalue weighted by Gasteiger charge is 2.01. The molecule has 1 rings (SSSR count). The highest BCUT2D eigenvalue weighted by Crippen LogP contribution is 2.13. The molecule has 0 heterocycles. The van der Waals surface area contributed by atoms with Gasteiger partial charge in [-0.15, -0.1) is 4.91 Å². The van der Waals surface area contributed by atoms with Gasteiger partial charge in [-0.2, -0.15) is 0 Å². The van der Waals surface area contributed by atoms with E-state index in [1.165, 1.54) is 6.07 Å². The van der Waals surface area contributed by atoms with Crippen LogP contribution in [0.4, 0.5) is 5.69 Å². The van der Waals surface area contributed by atoms with Crippen molar-refractivity contribution in [1.82, 2.24) is 4.72 Å². The van der Waals surface area contributed by atoms with Crippen molar-refractivity contribution in [3.63, 3.8) is 0 Å². The molecule has 1 aromatic carbocycles.